The number of aryl methyl sites for hydroxylation is 1. The molecule has 224 valence electrons. The quantitative estimate of drug-likeness (QED) is 0.468. The van der Waals surface area contributed by atoms with E-state index in [4.69, 9.17) is 18.9 Å². The molecular weight excluding hydrogens is 522 g/mol. The van der Waals surface area contributed by atoms with Gasteiger partial charge in [-0.1, -0.05) is 29.8 Å². The molecule has 3 aliphatic rings. The van der Waals surface area contributed by atoms with Gasteiger partial charge in [-0.2, -0.15) is 0 Å². The number of amides is 1. The maximum absolute atomic E-state index is 13.6. The summed E-state index contributed by atoms with van der Waals surface area (Å²) in [5.74, 6) is 0.297. The normalized spacial score (nSPS) is 25.6. The molecule has 3 aliphatic heterocycles. The Kier molecular flexibility index (Phi) is 10.1. The van der Waals surface area contributed by atoms with E-state index in [1.165, 1.54) is 11.1 Å². The highest BCUT2D eigenvalue weighted by Gasteiger charge is 2.32. The summed E-state index contributed by atoms with van der Waals surface area (Å²) in [6.45, 7) is 7.32. The molecule has 2 aromatic rings. The van der Waals surface area contributed by atoms with Gasteiger partial charge in [0.2, 0.25) is 0 Å². The van der Waals surface area contributed by atoms with Crippen molar-refractivity contribution in [3.05, 3.63) is 46.6 Å². The molecule has 0 bridgehead atoms. The summed E-state index contributed by atoms with van der Waals surface area (Å²) in [7, 11) is 3.31. The van der Waals surface area contributed by atoms with E-state index in [0.29, 0.717) is 49.5 Å². The number of benzene rings is 1. The van der Waals surface area contributed by atoms with Crippen LogP contribution in [0.1, 0.15) is 71.8 Å². The number of rotatable bonds is 9. The summed E-state index contributed by atoms with van der Waals surface area (Å²) in [4.78, 5) is 15.5. The van der Waals surface area contributed by atoms with Crippen LogP contribution in [0.2, 0.25) is 0 Å². The second kappa shape index (κ2) is 13.9. The monoisotopic (exact) mass is 567 g/mol. The zero-order chi connectivity index (χ0) is 28.8. The van der Waals surface area contributed by atoms with Crippen LogP contribution in [-0.4, -0.2) is 92.4 Å². The highest BCUT2D eigenvalue weighted by Crippen LogP contribution is 2.33. The topological polar surface area (TPSA) is 107 Å². The molecule has 3 saturated heterocycles. The molecule has 10 heteroatoms. The number of anilines is 1. The van der Waals surface area contributed by atoms with Crippen LogP contribution in [-0.2, 0) is 14.2 Å². The Morgan fingerprint density at radius 1 is 1.05 bits per heavy atom. The summed E-state index contributed by atoms with van der Waals surface area (Å²) in [6.07, 6.45) is 6.01. The van der Waals surface area contributed by atoms with Crippen molar-refractivity contribution in [3.8, 4) is 5.88 Å². The molecule has 41 heavy (non-hydrogen) atoms. The van der Waals surface area contributed by atoms with Crippen molar-refractivity contribution in [2.75, 3.05) is 52.4 Å². The lowest BCUT2D eigenvalue weighted by Crippen LogP contribution is -2.54. The van der Waals surface area contributed by atoms with Gasteiger partial charge in [0.1, 0.15) is 5.69 Å². The minimum atomic E-state index is -0.0895. The molecule has 0 radical (unpaired) electrons. The highest BCUT2D eigenvalue weighted by molar-refractivity contribution is 5.95. The van der Waals surface area contributed by atoms with Gasteiger partial charge in [0, 0.05) is 51.0 Å². The first-order chi connectivity index (χ1) is 20.0. The van der Waals surface area contributed by atoms with Crippen LogP contribution < -0.4 is 15.4 Å². The second-order valence-electron chi connectivity index (χ2n) is 11.5. The number of carbonyl (C=O) groups is 1. The van der Waals surface area contributed by atoms with Crippen LogP contribution in [0.25, 0.3) is 0 Å². The standard InChI is InChI=1S/C31H45N5O5/c1-20-8-10-22(11-9-20)26-7-5-6-24(41-26)18-32-28-21(2)29(34-35-30(28)39-4)31(37)36-15-12-23(13-16-36)33-25-14-17-40-19-27(25)38-3/h8-11,23-27,33H,5-7,12-19H2,1-4H3,(H,32,34)/t24-,25-,26+,27+/m1/s1. The Morgan fingerprint density at radius 2 is 1.83 bits per heavy atom. The van der Waals surface area contributed by atoms with E-state index in [9.17, 15) is 4.79 Å². The molecule has 4 heterocycles. The van der Waals surface area contributed by atoms with Crippen molar-refractivity contribution < 1.29 is 23.7 Å². The first-order valence-corrected chi connectivity index (χ1v) is 15.0. The van der Waals surface area contributed by atoms with E-state index in [1.54, 1.807) is 14.2 Å². The van der Waals surface area contributed by atoms with Crippen LogP contribution in [0.15, 0.2) is 24.3 Å². The Morgan fingerprint density at radius 3 is 2.56 bits per heavy atom. The second-order valence-corrected chi connectivity index (χ2v) is 11.5. The Hall–Kier alpha value is -2.79. The van der Waals surface area contributed by atoms with E-state index in [-0.39, 0.29) is 30.3 Å². The summed E-state index contributed by atoms with van der Waals surface area (Å²) in [5, 5.41) is 15.8. The third-order valence-electron chi connectivity index (χ3n) is 8.72. The van der Waals surface area contributed by atoms with Crippen LogP contribution >= 0.6 is 0 Å². The van der Waals surface area contributed by atoms with Gasteiger partial charge in [0.05, 0.1) is 32.0 Å². The molecule has 2 N–H and O–H groups in total. The summed E-state index contributed by atoms with van der Waals surface area (Å²) in [5.41, 5.74) is 4.28. The van der Waals surface area contributed by atoms with Crippen molar-refractivity contribution in [3.63, 3.8) is 0 Å². The number of nitrogens with one attached hydrogen (secondary N) is 2. The number of methoxy groups -OCH3 is 2. The van der Waals surface area contributed by atoms with E-state index < -0.39 is 0 Å². The molecule has 4 atom stereocenters. The Labute approximate surface area is 243 Å². The van der Waals surface area contributed by atoms with Gasteiger partial charge in [-0.3, -0.25) is 4.79 Å². The van der Waals surface area contributed by atoms with Crippen LogP contribution in [0.5, 0.6) is 5.88 Å². The number of ether oxygens (including phenoxy) is 4. The van der Waals surface area contributed by atoms with Gasteiger partial charge in [0.25, 0.3) is 11.8 Å². The van der Waals surface area contributed by atoms with E-state index in [0.717, 1.165) is 50.7 Å². The molecule has 0 saturated carbocycles. The molecule has 3 fully saturated rings. The average molecular weight is 568 g/mol. The van der Waals surface area contributed by atoms with Gasteiger partial charge in [-0.15, -0.1) is 10.2 Å². The van der Waals surface area contributed by atoms with Crippen molar-refractivity contribution >= 4 is 11.6 Å². The number of aromatic nitrogens is 2. The number of likely N-dealkylation sites (tertiary alicyclic amines) is 1. The van der Waals surface area contributed by atoms with Gasteiger partial charge in [-0.05, 0) is 57.9 Å². The predicted octanol–water partition coefficient (Wildman–Crippen LogP) is 3.82. The van der Waals surface area contributed by atoms with Crippen LogP contribution in [0.3, 0.4) is 0 Å². The Bertz CT molecular complexity index is 1150. The third kappa shape index (κ3) is 7.17. The molecule has 0 spiro atoms. The number of hydrogen-bond acceptors (Lipinski definition) is 9. The third-order valence-corrected chi connectivity index (χ3v) is 8.72. The summed E-state index contributed by atoms with van der Waals surface area (Å²) in [6, 6.07) is 9.22. The lowest BCUT2D eigenvalue weighted by atomic mass is 9.97. The van der Waals surface area contributed by atoms with Gasteiger partial charge in [0.15, 0.2) is 5.69 Å². The predicted molar refractivity (Wildman–Crippen MR) is 157 cm³/mol. The first-order valence-electron chi connectivity index (χ1n) is 15.0. The molecule has 1 amide bonds. The smallest absolute Gasteiger partial charge is 0.274 e. The van der Waals surface area contributed by atoms with Crippen molar-refractivity contribution in [1.29, 1.82) is 0 Å². The largest absolute Gasteiger partial charge is 0.478 e. The van der Waals surface area contributed by atoms with Crippen molar-refractivity contribution in [1.82, 2.24) is 20.4 Å². The summed E-state index contributed by atoms with van der Waals surface area (Å²) < 4.78 is 23.1. The van der Waals surface area contributed by atoms with E-state index in [2.05, 4.69) is 52.0 Å². The maximum Gasteiger partial charge on any atom is 0.274 e. The minimum absolute atomic E-state index is 0.0476. The molecule has 1 aromatic carbocycles. The molecule has 10 nitrogen and oxygen atoms in total. The maximum atomic E-state index is 13.6. The van der Waals surface area contributed by atoms with Crippen molar-refractivity contribution in [2.45, 2.75) is 82.8 Å². The first kappa shape index (κ1) is 29.7. The van der Waals surface area contributed by atoms with Gasteiger partial charge < -0.3 is 34.5 Å². The summed E-state index contributed by atoms with van der Waals surface area (Å²) >= 11 is 0. The lowest BCUT2D eigenvalue weighted by Gasteiger charge is -2.38. The van der Waals surface area contributed by atoms with Crippen LogP contribution in [0, 0.1) is 13.8 Å². The fraction of sp³-hybridized carbons (Fsp3) is 0.645. The fourth-order valence-electron chi connectivity index (χ4n) is 6.18. The molecular formula is C31H45N5O5. The van der Waals surface area contributed by atoms with Gasteiger partial charge in [-0.25, -0.2) is 0 Å². The average Bonchev–Trinajstić information content (AvgIpc) is 3.01. The van der Waals surface area contributed by atoms with Gasteiger partial charge >= 0.3 is 0 Å². The Balaban J connectivity index is 1.19. The zero-order valence-corrected chi connectivity index (χ0v) is 24.9. The van der Waals surface area contributed by atoms with Crippen molar-refractivity contribution in [2.24, 2.45) is 0 Å². The molecule has 0 aliphatic carbocycles. The zero-order valence-electron chi connectivity index (χ0n) is 24.9. The minimum Gasteiger partial charge on any atom is -0.478 e. The SMILES string of the molecule is COc1nnc(C(=O)N2CCC(N[C@@H]3CCOC[C@@H]3OC)CC2)c(C)c1NC[C@H]1CCC[C@@H](c2ccc(C)cc2)O1. The molecule has 1 aromatic heterocycles. The molecule has 0 unspecified atom stereocenters. The number of carbonyl (C=O) groups excluding carboxylic acids is 1. The molecule has 5 rings (SSSR count). The number of piperidine rings is 1. The van der Waals surface area contributed by atoms with E-state index in [1.807, 2.05) is 11.8 Å². The lowest BCUT2D eigenvalue weighted by molar-refractivity contribution is -0.0533. The fourth-order valence-corrected chi connectivity index (χ4v) is 6.18. The highest BCUT2D eigenvalue weighted by atomic mass is 16.5. The van der Waals surface area contributed by atoms with E-state index >= 15 is 0 Å². The number of nitrogens with zero attached hydrogens (tertiary/aromatic N) is 3. The number of hydrogen-bond donors (Lipinski definition) is 2. The van der Waals surface area contributed by atoms with Crippen LogP contribution in [0.4, 0.5) is 5.69 Å².